The van der Waals surface area contributed by atoms with Crippen molar-refractivity contribution in [1.82, 2.24) is 9.88 Å². The number of ether oxygens (including phenoxy) is 3. The van der Waals surface area contributed by atoms with Crippen molar-refractivity contribution in [3.63, 3.8) is 0 Å². The summed E-state index contributed by atoms with van der Waals surface area (Å²) in [6, 6.07) is 16.5. The van der Waals surface area contributed by atoms with Crippen molar-refractivity contribution in [2.24, 2.45) is 0 Å². The Morgan fingerprint density at radius 3 is 2.44 bits per heavy atom. The minimum Gasteiger partial charge on any atom is -0.497 e. The Labute approximate surface area is 186 Å². The van der Waals surface area contributed by atoms with Crippen molar-refractivity contribution in [3.05, 3.63) is 60.2 Å². The van der Waals surface area contributed by atoms with Crippen molar-refractivity contribution in [3.8, 4) is 17.0 Å². The van der Waals surface area contributed by atoms with Gasteiger partial charge in [0.1, 0.15) is 5.75 Å². The first kappa shape index (κ1) is 21.8. The summed E-state index contributed by atoms with van der Waals surface area (Å²) in [7, 11) is 1.61. The van der Waals surface area contributed by atoms with Crippen molar-refractivity contribution >= 4 is 22.8 Å². The van der Waals surface area contributed by atoms with E-state index >= 15 is 0 Å². The van der Waals surface area contributed by atoms with Crippen LogP contribution in [-0.4, -0.2) is 60.8 Å². The van der Waals surface area contributed by atoms with Crippen LogP contribution in [-0.2, 0) is 14.3 Å². The van der Waals surface area contributed by atoms with Gasteiger partial charge in [0.2, 0.25) is 0 Å². The average Bonchev–Trinajstić information content (AvgIpc) is 2.81. The van der Waals surface area contributed by atoms with Gasteiger partial charge in [-0.1, -0.05) is 18.2 Å². The highest BCUT2D eigenvalue weighted by atomic mass is 16.5. The summed E-state index contributed by atoms with van der Waals surface area (Å²) in [5, 5.41) is 0.677. The molecule has 0 radical (unpaired) electrons. The third kappa shape index (κ3) is 4.73. The van der Waals surface area contributed by atoms with Crippen molar-refractivity contribution in [2.75, 3.05) is 26.8 Å². The molecule has 4 rings (SSSR count). The lowest BCUT2D eigenvalue weighted by Crippen LogP contribution is -2.49. The molecular formula is C25H26N2O5. The van der Waals surface area contributed by atoms with Crippen molar-refractivity contribution in [2.45, 2.75) is 26.1 Å². The standard InChI is InChI=1S/C25H26N2O5/c1-16-13-27(14-17(2)32-16)24(28)15-31-25(29)21-12-23(18-8-10-19(30-3)11-9-18)26-22-7-5-4-6-20(21)22/h4-12,16-17H,13-15H2,1-3H3/t16-,17-/m1/s1. The summed E-state index contributed by atoms with van der Waals surface area (Å²) in [4.78, 5) is 32.0. The largest absolute Gasteiger partial charge is 0.497 e. The molecule has 0 unspecified atom stereocenters. The summed E-state index contributed by atoms with van der Waals surface area (Å²) in [5.74, 6) is -0.0467. The van der Waals surface area contributed by atoms with E-state index in [4.69, 9.17) is 19.2 Å². The number of carbonyl (C=O) groups is 2. The highest BCUT2D eigenvalue weighted by Crippen LogP contribution is 2.27. The number of morpholine rings is 1. The number of hydrogen-bond acceptors (Lipinski definition) is 6. The smallest absolute Gasteiger partial charge is 0.339 e. The van der Waals surface area contributed by atoms with Gasteiger partial charge in [0.15, 0.2) is 6.61 Å². The van der Waals surface area contributed by atoms with Crippen LogP contribution in [0.1, 0.15) is 24.2 Å². The highest BCUT2D eigenvalue weighted by molar-refractivity contribution is 6.05. The fourth-order valence-electron chi connectivity index (χ4n) is 3.93. The number of amides is 1. The molecule has 2 heterocycles. The van der Waals surface area contributed by atoms with Crippen LogP contribution in [0.5, 0.6) is 5.75 Å². The summed E-state index contributed by atoms with van der Waals surface area (Å²) in [6.07, 6.45) is -0.0933. The van der Waals surface area contributed by atoms with E-state index in [-0.39, 0.29) is 24.7 Å². The number of aromatic nitrogens is 1. The Hall–Kier alpha value is -3.45. The zero-order valence-electron chi connectivity index (χ0n) is 18.4. The molecule has 0 saturated carbocycles. The van der Waals surface area contributed by atoms with E-state index in [1.165, 1.54) is 0 Å². The Kier molecular flexibility index (Phi) is 6.37. The monoisotopic (exact) mass is 434 g/mol. The highest BCUT2D eigenvalue weighted by Gasteiger charge is 2.27. The zero-order valence-corrected chi connectivity index (χ0v) is 18.4. The van der Waals surface area contributed by atoms with Crippen LogP contribution in [0.2, 0.25) is 0 Å². The molecule has 7 nitrogen and oxygen atoms in total. The van der Waals surface area contributed by atoms with Gasteiger partial charge in [0, 0.05) is 24.0 Å². The third-order valence-electron chi connectivity index (χ3n) is 5.42. The van der Waals surface area contributed by atoms with Gasteiger partial charge < -0.3 is 19.1 Å². The Balaban J connectivity index is 1.57. The van der Waals surface area contributed by atoms with Crippen LogP contribution >= 0.6 is 0 Å². The van der Waals surface area contributed by atoms with Crippen LogP contribution in [0.4, 0.5) is 0 Å². The van der Waals surface area contributed by atoms with Crippen LogP contribution < -0.4 is 4.74 Å². The Bertz CT molecular complexity index is 1120. The average molecular weight is 434 g/mol. The van der Waals surface area contributed by atoms with Gasteiger partial charge in [-0.05, 0) is 50.2 Å². The molecule has 166 valence electrons. The molecule has 1 amide bonds. The predicted octanol–water partition coefficient (Wildman–Crippen LogP) is 3.70. The third-order valence-corrected chi connectivity index (χ3v) is 5.42. The van der Waals surface area contributed by atoms with Crippen molar-refractivity contribution in [1.29, 1.82) is 0 Å². The first-order chi connectivity index (χ1) is 15.4. The second-order valence-electron chi connectivity index (χ2n) is 7.93. The van der Waals surface area contributed by atoms with E-state index in [9.17, 15) is 9.59 Å². The quantitative estimate of drug-likeness (QED) is 0.570. The van der Waals surface area contributed by atoms with Crippen molar-refractivity contribution < 1.29 is 23.8 Å². The fraction of sp³-hybridized carbons (Fsp3) is 0.320. The van der Waals surface area contributed by atoms with Gasteiger partial charge in [0.25, 0.3) is 5.91 Å². The maximum Gasteiger partial charge on any atom is 0.339 e. The van der Waals surface area contributed by atoms with Gasteiger partial charge in [-0.15, -0.1) is 0 Å². The van der Waals surface area contributed by atoms with Gasteiger partial charge in [-0.25, -0.2) is 9.78 Å². The van der Waals surface area contributed by atoms with Gasteiger partial charge >= 0.3 is 5.97 Å². The number of nitrogens with zero attached hydrogens (tertiary/aromatic N) is 2. The zero-order chi connectivity index (χ0) is 22.7. The molecule has 1 fully saturated rings. The second-order valence-corrected chi connectivity index (χ2v) is 7.93. The summed E-state index contributed by atoms with van der Waals surface area (Å²) in [6.45, 7) is 4.51. The van der Waals surface area contributed by atoms with E-state index < -0.39 is 5.97 Å². The fourth-order valence-corrected chi connectivity index (χ4v) is 3.93. The molecule has 32 heavy (non-hydrogen) atoms. The van der Waals surface area contributed by atoms with Gasteiger partial charge in [-0.3, -0.25) is 4.79 Å². The molecule has 0 aliphatic carbocycles. The number of fused-ring (bicyclic) bond motifs is 1. The molecule has 0 N–H and O–H groups in total. The van der Waals surface area contributed by atoms with Crippen LogP contribution in [0.25, 0.3) is 22.2 Å². The lowest BCUT2D eigenvalue weighted by atomic mass is 10.0. The first-order valence-electron chi connectivity index (χ1n) is 10.6. The first-order valence-corrected chi connectivity index (χ1v) is 10.6. The molecule has 1 saturated heterocycles. The van der Waals surface area contributed by atoms with Gasteiger partial charge in [-0.2, -0.15) is 0 Å². The summed E-state index contributed by atoms with van der Waals surface area (Å²) in [5.41, 5.74) is 2.53. The lowest BCUT2D eigenvalue weighted by Gasteiger charge is -2.35. The molecule has 0 bridgehead atoms. The lowest BCUT2D eigenvalue weighted by molar-refractivity contribution is -0.146. The van der Waals surface area contributed by atoms with Crippen LogP contribution in [0.15, 0.2) is 54.6 Å². The normalized spacial score (nSPS) is 18.4. The molecule has 1 aromatic heterocycles. The van der Waals surface area contributed by atoms with E-state index in [2.05, 4.69) is 0 Å². The SMILES string of the molecule is COc1ccc(-c2cc(C(=O)OCC(=O)N3C[C@@H](C)O[C@H](C)C3)c3ccccc3n2)cc1. The number of para-hydroxylation sites is 1. The number of esters is 1. The molecule has 0 spiro atoms. The minimum absolute atomic E-state index is 0.0467. The summed E-state index contributed by atoms with van der Waals surface area (Å²) >= 11 is 0. The summed E-state index contributed by atoms with van der Waals surface area (Å²) < 4.78 is 16.3. The molecule has 2 aromatic carbocycles. The molecule has 3 aromatic rings. The number of carbonyl (C=O) groups excluding carboxylic acids is 2. The maximum absolute atomic E-state index is 13.0. The Morgan fingerprint density at radius 1 is 1.06 bits per heavy atom. The number of rotatable bonds is 5. The number of methoxy groups -OCH3 is 1. The van der Waals surface area contributed by atoms with Crippen LogP contribution in [0.3, 0.4) is 0 Å². The van der Waals surface area contributed by atoms with E-state index in [0.717, 1.165) is 11.3 Å². The number of benzene rings is 2. The minimum atomic E-state index is -0.555. The number of hydrogen-bond donors (Lipinski definition) is 0. The molecule has 7 heteroatoms. The van der Waals surface area contributed by atoms with Gasteiger partial charge in [0.05, 0.1) is 36.1 Å². The van der Waals surface area contributed by atoms with E-state index in [1.54, 1.807) is 18.1 Å². The molecule has 1 aliphatic heterocycles. The van der Waals surface area contributed by atoms with E-state index in [1.807, 2.05) is 62.4 Å². The molecule has 1 aliphatic rings. The van der Waals surface area contributed by atoms with Crippen LogP contribution in [0, 0.1) is 0 Å². The predicted molar refractivity (Wildman–Crippen MR) is 121 cm³/mol. The topological polar surface area (TPSA) is 78.0 Å². The van der Waals surface area contributed by atoms with E-state index in [0.29, 0.717) is 35.2 Å². The number of pyridine rings is 1. The second kappa shape index (κ2) is 9.36. The Morgan fingerprint density at radius 2 is 1.75 bits per heavy atom. The molecular weight excluding hydrogens is 408 g/mol. The maximum atomic E-state index is 13.0. The molecule has 2 atom stereocenters.